The first-order chi connectivity index (χ1) is 8.70. The van der Waals surface area contributed by atoms with Crippen LogP contribution in [0, 0.1) is 11.8 Å². The van der Waals surface area contributed by atoms with Gasteiger partial charge in [0.15, 0.2) is 0 Å². The number of piperidine rings is 1. The lowest BCUT2D eigenvalue weighted by molar-refractivity contribution is 0.0694. The van der Waals surface area contributed by atoms with Crippen LogP contribution in [0.4, 0.5) is 0 Å². The molecule has 0 bridgehead atoms. The van der Waals surface area contributed by atoms with E-state index in [0.29, 0.717) is 6.04 Å². The number of hydrogen-bond donors (Lipinski definition) is 1. The second-order valence-electron chi connectivity index (χ2n) is 6.34. The fraction of sp³-hybridized carbons (Fsp3) is 1.00. The Morgan fingerprint density at radius 3 is 2.39 bits per heavy atom. The van der Waals surface area contributed by atoms with Gasteiger partial charge in [-0.2, -0.15) is 0 Å². The molecule has 3 heteroatoms. The third kappa shape index (κ3) is 4.22. The number of nitrogens with one attached hydrogen (secondary N) is 1. The molecule has 106 valence electrons. The maximum Gasteiger partial charge on any atom is 0.0491 e. The predicted molar refractivity (Wildman–Crippen MR) is 75.8 cm³/mol. The van der Waals surface area contributed by atoms with Gasteiger partial charge in [0.05, 0.1) is 0 Å². The number of hydrogen-bond acceptors (Lipinski definition) is 3. The lowest BCUT2D eigenvalue weighted by atomic mass is 9.94. The van der Waals surface area contributed by atoms with Crippen LogP contribution in [0.25, 0.3) is 0 Å². The molecular formula is C15H30N2O. The Morgan fingerprint density at radius 2 is 1.83 bits per heavy atom. The minimum Gasteiger partial charge on any atom is -0.384 e. The highest BCUT2D eigenvalue weighted by Crippen LogP contribution is 2.23. The summed E-state index contributed by atoms with van der Waals surface area (Å²) in [6, 6.07) is 1.55. The van der Waals surface area contributed by atoms with Crippen molar-refractivity contribution in [3.05, 3.63) is 0 Å². The van der Waals surface area contributed by atoms with E-state index in [1.807, 2.05) is 7.11 Å². The van der Waals surface area contributed by atoms with Crippen LogP contribution in [0.15, 0.2) is 0 Å². The van der Waals surface area contributed by atoms with Crippen LogP contribution >= 0.6 is 0 Å². The molecule has 18 heavy (non-hydrogen) atoms. The van der Waals surface area contributed by atoms with Crippen LogP contribution in [0.1, 0.15) is 39.5 Å². The molecule has 0 aromatic heterocycles. The minimum absolute atomic E-state index is 0.708. The van der Waals surface area contributed by atoms with Crippen LogP contribution in [-0.2, 0) is 4.74 Å². The standard InChI is InChI=1S/C15H30N2O/c1-12(10-16-15-4-5-15)13(2)17-8-6-14(7-9-17)11-18-3/h12-16H,4-11H2,1-3H3. The summed E-state index contributed by atoms with van der Waals surface area (Å²) in [7, 11) is 1.82. The molecule has 0 spiro atoms. The first-order valence-corrected chi connectivity index (χ1v) is 7.67. The maximum atomic E-state index is 5.27. The van der Waals surface area contributed by atoms with E-state index in [1.54, 1.807) is 0 Å². The van der Waals surface area contributed by atoms with Crippen molar-refractivity contribution >= 4 is 0 Å². The average molecular weight is 254 g/mol. The Bertz CT molecular complexity index is 235. The highest BCUT2D eigenvalue weighted by Gasteiger charge is 2.27. The molecular weight excluding hydrogens is 224 g/mol. The van der Waals surface area contributed by atoms with Crippen molar-refractivity contribution in [2.24, 2.45) is 11.8 Å². The van der Waals surface area contributed by atoms with Gasteiger partial charge in [-0.25, -0.2) is 0 Å². The molecule has 0 radical (unpaired) electrons. The number of methoxy groups -OCH3 is 1. The summed E-state index contributed by atoms with van der Waals surface area (Å²) >= 11 is 0. The Balaban J connectivity index is 1.66. The van der Waals surface area contributed by atoms with Gasteiger partial charge in [0, 0.05) is 25.8 Å². The van der Waals surface area contributed by atoms with Crippen molar-refractivity contribution in [3.8, 4) is 0 Å². The van der Waals surface area contributed by atoms with Crippen molar-refractivity contribution in [1.82, 2.24) is 10.2 Å². The topological polar surface area (TPSA) is 24.5 Å². The largest absolute Gasteiger partial charge is 0.384 e. The van der Waals surface area contributed by atoms with Crippen molar-refractivity contribution in [2.75, 3.05) is 33.4 Å². The lowest BCUT2D eigenvalue weighted by Crippen LogP contribution is -2.45. The van der Waals surface area contributed by atoms with Gasteiger partial charge in [-0.3, -0.25) is 0 Å². The zero-order valence-corrected chi connectivity index (χ0v) is 12.3. The number of nitrogens with zero attached hydrogens (tertiary/aromatic N) is 1. The van der Waals surface area contributed by atoms with E-state index >= 15 is 0 Å². The summed E-state index contributed by atoms with van der Waals surface area (Å²) in [5.41, 5.74) is 0. The normalized spacial score (nSPS) is 26.2. The molecule has 0 amide bonds. The monoisotopic (exact) mass is 254 g/mol. The first-order valence-electron chi connectivity index (χ1n) is 7.67. The fourth-order valence-corrected chi connectivity index (χ4v) is 2.93. The fourth-order valence-electron chi connectivity index (χ4n) is 2.93. The first kappa shape index (κ1) is 14.3. The van der Waals surface area contributed by atoms with E-state index in [-0.39, 0.29) is 0 Å². The molecule has 0 aromatic rings. The van der Waals surface area contributed by atoms with Gasteiger partial charge in [-0.05, 0) is 64.1 Å². The lowest BCUT2D eigenvalue weighted by Gasteiger charge is -2.38. The molecule has 1 aliphatic carbocycles. The molecule has 2 fully saturated rings. The molecule has 1 saturated heterocycles. The van der Waals surface area contributed by atoms with Crippen LogP contribution in [0.2, 0.25) is 0 Å². The van der Waals surface area contributed by atoms with Gasteiger partial charge in [0.1, 0.15) is 0 Å². The minimum atomic E-state index is 0.708. The zero-order valence-electron chi connectivity index (χ0n) is 12.3. The third-order valence-electron chi connectivity index (χ3n) is 4.76. The van der Waals surface area contributed by atoms with Crippen LogP contribution in [0.3, 0.4) is 0 Å². The number of likely N-dealkylation sites (tertiary alicyclic amines) is 1. The summed E-state index contributed by atoms with van der Waals surface area (Å²) in [5, 5.41) is 3.66. The van der Waals surface area contributed by atoms with Crippen molar-refractivity contribution in [3.63, 3.8) is 0 Å². The van der Waals surface area contributed by atoms with E-state index in [1.165, 1.54) is 45.3 Å². The van der Waals surface area contributed by atoms with Gasteiger partial charge in [0.2, 0.25) is 0 Å². The Labute approximate surface area is 112 Å². The number of rotatable bonds is 7. The van der Waals surface area contributed by atoms with Gasteiger partial charge in [0.25, 0.3) is 0 Å². The van der Waals surface area contributed by atoms with Crippen molar-refractivity contribution in [2.45, 2.75) is 51.6 Å². The van der Waals surface area contributed by atoms with E-state index in [0.717, 1.165) is 24.5 Å². The molecule has 2 atom stereocenters. The molecule has 0 aromatic carbocycles. The zero-order chi connectivity index (χ0) is 13.0. The molecule has 1 saturated carbocycles. The third-order valence-corrected chi connectivity index (χ3v) is 4.76. The van der Waals surface area contributed by atoms with Crippen LogP contribution < -0.4 is 5.32 Å². The summed E-state index contributed by atoms with van der Waals surface area (Å²) in [4.78, 5) is 2.67. The highest BCUT2D eigenvalue weighted by molar-refractivity contribution is 4.84. The number of ether oxygens (including phenoxy) is 1. The van der Waals surface area contributed by atoms with Crippen LogP contribution in [0.5, 0.6) is 0 Å². The van der Waals surface area contributed by atoms with Gasteiger partial charge >= 0.3 is 0 Å². The SMILES string of the molecule is COCC1CCN(C(C)C(C)CNC2CC2)CC1. The van der Waals surface area contributed by atoms with E-state index in [4.69, 9.17) is 4.74 Å². The Morgan fingerprint density at radius 1 is 1.17 bits per heavy atom. The second-order valence-corrected chi connectivity index (χ2v) is 6.34. The quantitative estimate of drug-likeness (QED) is 0.753. The maximum absolute atomic E-state index is 5.27. The Kier molecular flexibility index (Phi) is 5.46. The summed E-state index contributed by atoms with van der Waals surface area (Å²) in [6.45, 7) is 9.42. The van der Waals surface area contributed by atoms with E-state index < -0.39 is 0 Å². The molecule has 3 nitrogen and oxygen atoms in total. The van der Waals surface area contributed by atoms with Crippen molar-refractivity contribution < 1.29 is 4.74 Å². The molecule has 2 rings (SSSR count). The van der Waals surface area contributed by atoms with Gasteiger partial charge < -0.3 is 15.0 Å². The predicted octanol–water partition coefficient (Wildman–Crippen LogP) is 2.12. The second kappa shape index (κ2) is 6.88. The Hall–Kier alpha value is -0.120. The molecule has 2 unspecified atom stereocenters. The molecule has 1 aliphatic heterocycles. The van der Waals surface area contributed by atoms with E-state index in [9.17, 15) is 0 Å². The summed E-state index contributed by atoms with van der Waals surface area (Å²) in [5.74, 6) is 1.54. The summed E-state index contributed by atoms with van der Waals surface area (Å²) in [6.07, 6.45) is 5.40. The summed E-state index contributed by atoms with van der Waals surface area (Å²) < 4.78 is 5.27. The highest BCUT2D eigenvalue weighted by atomic mass is 16.5. The van der Waals surface area contributed by atoms with Crippen LogP contribution in [-0.4, -0.2) is 50.3 Å². The van der Waals surface area contributed by atoms with Gasteiger partial charge in [-0.1, -0.05) is 6.92 Å². The molecule has 1 N–H and O–H groups in total. The van der Waals surface area contributed by atoms with Crippen molar-refractivity contribution in [1.29, 1.82) is 0 Å². The molecule has 2 aliphatic rings. The van der Waals surface area contributed by atoms with Gasteiger partial charge in [-0.15, -0.1) is 0 Å². The average Bonchev–Trinajstić information content (AvgIpc) is 3.20. The van der Waals surface area contributed by atoms with E-state index in [2.05, 4.69) is 24.1 Å². The molecule has 1 heterocycles. The smallest absolute Gasteiger partial charge is 0.0491 e.